The third-order valence-electron chi connectivity index (χ3n) is 3.32. The van der Waals surface area contributed by atoms with E-state index in [0.29, 0.717) is 24.0 Å². The smallest absolute Gasteiger partial charge is 0.239 e. The number of carbonyl (C=O) groups is 1. The van der Waals surface area contributed by atoms with Crippen molar-refractivity contribution in [3.63, 3.8) is 0 Å². The van der Waals surface area contributed by atoms with Crippen LogP contribution in [-0.2, 0) is 4.79 Å². The third kappa shape index (κ3) is 3.30. The van der Waals surface area contributed by atoms with Gasteiger partial charge < -0.3 is 15.6 Å². The van der Waals surface area contributed by atoms with Crippen LogP contribution >= 0.6 is 0 Å². The fourth-order valence-corrected chi connectivity index (χ4v) is 2.20. The molecule has 2 heterocycles. The van der Waals surface area contributed by atoms with E-state index in [1.54, 1.807) is 13.0 Å². The minimum Gasteiger partial charge on any atom is -0.360 e. The zero-order valence-electron chi connectivity index (χ0n) is 10.8. The lowest BCUT2D eigenvalue weighted by Gasteiger charge is -2.34. The molecule has 1 saturated heterocycles. The van der Waals surface area contributed by atoms with Crippen molar-refractivity contribution in [3.8, 4) is 0 Å². The van der Waals surface area contributed by atoms with Gasteiger partial charge in [0, 0.05) is 25.2 Å². The van der Waals surface area contributed by atoms with Crippen molar-refractivity contribution in [1.82, 2.24) is 10.1 Å². The minimum absolute atomic E-state index is 0.0639. The lowest BCUT2D eigenvalue weighted by molar-refractivity contribution is -0.117. The number of aromatic nitrogens is 1. The van der Waals surface area contributed by atoms with Crippen molar-refractivity contribution < 1.29 is 9.32 Å². The molecule has 1 aromatic heterocycles. The number of amides is 1. The predicted molar refractivity (Wildman–Crippen MR) is 68.1 cm³/mol. The number of piperidine rings is 1. The van der Waals surface area contributed by atoms with E-state index < -0.39 is 0 Å². The van der Waals surface area contributed by atoms with E-state index in [9.17, 15) is 4.79 Å². The van der Waals surface area contributed by atoms with Gasteiger partial charge >= 0.3 is 0 Å². The molecule has 6 heteroatoms. The Hall–Kier alpha value is -1.40. The van der Waals surface area contributed by atoms with Gasteiger partial charge in [-0.25, -0.2) is 0 Å². The van der Waals surface area contributed by atoms with Crippen LogP contribution in [0.2, 0.25) is 0 Å². The van der Waals surface area contributed by atoms with E-state index in [-0.39, 0.29) is 11.9 Å². The van der Waals surface area contributed by atoms with Gasteiger partial charge in [-0.2, -0.15) is 0 Å². The van der Waals surface area contributed by atoms with Crippen LogP contribution in [0.15, 0.2) is 10.6 Å². The van der Waals surface area contributed by atoms with Gasteiger partial charge in [0.2, 0.25) is 5.91 Å². The number of likely N-dealkylation sites (tertiary alicyclic amines) is 1. The van der Waals surface area contributed by atoms with Gasteiger partial charge in [0.25, 0.3) is 0 Å². The molecule has 3 N–H and O–H groups in total. The molecular formula is C12H20N4O2. The number of nitrogens with one attached hydrogen (secondary N) is 1. The molecule has 1 aliphatic heterocycles. The lowest BCUT2D eigenvalue weighted by atomic mass is 9.95. The van der Waals surface area contributed by atoms with Crippen LogP contribution in [0.4, 0.5) is 5.82 Å². The SMILES string of the molecule is Cc1cc(NC(=O)CN2CCC(N)C(C)C2)no1. The molecule has 1 fully saturated rings. The quantitative estimate of drug-likeness (QED) is 0.822. The van der Waals surface area contributed by atoms with E-state index in [1.165, 1.54) is 0 Å². The molecule has 100 valence electrons. The number of anilines is 1. The van der Waals surface area contributed by atoms with Crippen molar-refractivity contribution in [1.29, 1.82) is 0 Å². The Labute approximate surface area is 106 Å². The molecule has 0 bridgehead atoms. The van der Waals surface area contributed by atoms with Crippen molar-refractivity contribution in [2.75, 3.05) is 25.0 Å². The monoisotopic (exact) mass is 252 g/mol. The number of aryl methyl sites for hydroxylation is 1. The second-order valence-electron chi connectivity index (χ2n) is 5.04. The first kappa shape index (κ1) is 13.0. The highest BCUT2D eigenvalue weighted by Crippen LogP contribution is 2.14. The highest BCUT2D eigenvalue weighted by atomic mass is 16.5. The number of nitrogens with two attached hydrogens (primary N) is 1. The molecular weight excluding hydrogens is 232 g/mol. The zero-order chi connectivity index (χ0) is 13.1. The van der Waals surface area contributed by atoms with Crippen molar-refractivity contribution in [2.24, 2.45) is 11.7 Å². The second kappa shape index (κ2) is 5.49. The first-order chi connectivity index (χ1) is 8.54. The Bertz CT molecular complexity index is 418. The van der Waals surface area contributed by atoms with E-state index in [1.807, 2.05) is 0 Å². The highest BCUT2D eigenvalue weighted by molar-refractivity contribution is 5.91. The van der Waals surface area contributed by atoms with Crippen molar-refractivity contribution in [2.45, 2.75) is 26.3 Å². The van der Waals surface area contributed by atoms with E-state index in [2.05, 4.69) is 22.3 Å². The largest absolute Gasteiger partial charge is 0.360 e. The Morgan fingerprint density at radius 1 is 1.72 bits per heavy atom. The van der Waals surface area contributed by atoms with Crippen LogP contribution in [-0.4, -0.2) is 41.6 Å². The molecule has 2 atom stereocenters. The second-order valence-corrected chi connectivity index (χ2v) is 5.04. The summed E-state index contributed by atoms with van der Waals surface area (Å²) < 4.78 is 4.89. The maximum Gasteiger partial charge on any atom is 0.239 e. The van der Waals surface area contributed by atoms with Gasteiger partial charge in [-0.1, -0.05) is 12.1 Å². The van der Waals surface area contributed by atoms with Gasteiger partial charge in [0.15, 0.2) is 5.82 Å². The van der Waals surface area contributed by atoms with E-state index >= 15 is 0 Å². The van der Waals surface area contributed by atoms with Gasteiger partial charge in [-0.15, -0.1) is 0 Å². The first-order valence-corrected chi connectivity index (χ1v) is 6.25. The Kier molecular flexibility index (Phi) is 3.98. The summed E-state index contributed by atoms with van der Waals surface area (Å²) in [4.78, 5) is 13.9. The Balaban J connectivity index is 1.81. The van der Waals surface area contributed by atoms with Crippen LogP contribution < -0.4 is 11.1 Å². The van der Waals surface area contributed by atoms with Crippen LogP contribution in [0.25, 0.3) is 0 Å². The summed E-state index contributed by atoms with van der Waals surface area (Å²) in [5.74, 6) is 1.52. The summed E-state index contributed by atoms with van der Waals surface area (Å²) in [7, 11) is 0. The average molecular weight is 252 g/mol. The highest BCUT2D eigenvalue weighted by Gasteiger charge is 2.24. The predicted octanol–water partition coefficient (Wildman–Crippen LogP) is 0.591. The van der Waals surface area contributed by atoms with Crippen LogP contribution in [0.1, 0.15) is 19.1 Å². The standard InChI is InChI=1S/C12H20N4O2/c1-8-6-16(4-3-10(8)13)7-12(17)14-11-5-9(2)18-15-11/h5,8,10H,3-4,6-7,13H2,1-2H3,(H,14,15,17). The summed E-state index contributed by atoms with van der Waals surface area (Å²) >= 11 is 0. The van der Waals surface area contributed by atoms with Gasteiger partial charge in [0.05, 0.1) is 6.54 Å². The van der Waals surface area contributed by atoms with E-state index in [4.69, 9.17) is 10.3 Å². The molecule has 1 amide bonds. The molecule has 0 saturated carbocycles. The van der Waals surface area contributed by atoms with Crippen LogP contribution in [0.3, 0.4) is 0 Å². The molecule has 2 rings (SSSR count). The van der Waals surface area contributed by atoms with Gasteiger partial charge in [-0.3, -0.25) is 9.69 Å². The molecule has 6 nitrogen and oxygen atoms in total. The molecule has 0 aromatic carbocycles. The Morgan fingerprint density at radius 3 is 3.11 bits per heavy atom. The minimum atomic E-state index is -0.0639. The molecule has 18 heavy (non-hydrogen) atoms. The maximum absolute atomic E-state index is 11.8. The first-order valence-electron chi connectivity index (χ1n) is 6.25. The number of hydrogen-bond acceptors (Lipinski definition) is 5. The molecule has 0 aliphatic carbocycles. The van der Waals surface area contributed by atoms with Gasteiger partial charge in [-0.05, 0) is 19.3 Å². The number of hydrogen-bond donors (Lipinski definition) is 2. The number of rotatable bonds is 3. The summed E-state index contributed by atoms with van der Waals surface area (Å²) in [6.07, 6.45) is 0.942. The normalized spacial score (nSPS) is 25.1. The number of nitrogens with zero attached hydrogens (tertiary/aromatic N) is 2. The summed E-state index contributed by atoms with van der Waals surface area (Å²) in [5, 5.41) is 6.45. The fraction of sp³-hybridized carbons (Fsp3) is 0.667. The number of carbonyl (C=O) groups excluding carboxylic acids is 1. The summed E-state index contributed by atoms with van der Waals surface area (Å²) in [6.45, 7) is 6.03. The molecule has 0 radical (unpaired) electrons. The molecule has 0 spiro atoms. The molecule has 1 aromatic rings. The molecule has 1 aliphatic rings. The fourth-order valence-electron chi connectivity index (χ4n) is 2.20. The van der Waals surface area contributed by atoms with Crippen molar-refractivity contribution in [3.05, 3.63) is 11.8 Å². The average Bonchev–Trinajstić information content (AvgIpc) is 2.69. The van der Waals surface area contributed by atoms with Crippen LogP contribution in [0, 0.1) is 12.8 Å². The zero-order valence-corrected chi connectivity index (χ0v) is 10.8. The Morgan fingerprint density at radius 2 is 2.50 bits per heavy atom. The van der Waals surface area contributed by atoms with Crippen molar-refractivity contribution >= 4 is 11.7 Å². The summed E-state index contributed by atoms with van der Waals surface area (Å²) in [6, 6.07) is 1.95. The maximum atomic E-state index is 11.8. The van der Waals surface area contributed by atoms with Gasteiger partial charge in [0.1, 0.15) is 5.76 Å². The topological polar surface area (TPSA) is 84.4 Å². The summed E-state index contributed by atoms with van der Waals surface area (Å²) in [5.41, 5.74) is 5.95. The molecule has 2 unspecified atom stereocenters. The van der Waals surface area contributed by atoms with E-state index in [0.717, 1.165) is 19.5 Å². The third-order valence-corrected chi connectivity index (χ3v) is 3.32. The van der Waals surface area contributed by atoms with Crippen LogP contribution in [0.5, 0.6) is 0 Å². The lowest BCUT2D eigenvalue weighted by Crippen LogP contribution is -2.48.